The normalized spacial score (nSPS) is 25.4. The minimum Gasteiger partial charge on any atom is -0.463 e. The molecule has 0 unspecified atom stereocenters. The third-order valence-electron chi connectivity index (χ3n) is 5.42. The van der Waals surface area contributed by atoms with E-state index in [9.17, 15) is 30.0 Å². The van der Waals surface area contributed by atoms with Crippen molar-refractivity contribution in [2.24, 2.45) is 0 Å². The molecule has 0 aliphatic carbocycles. The number of hydrogen-bond acceptors (Lipinski definition) is 10. The highest BCUT2D eigenvalue weighted by Gasteiger charge is 2.45. The van der Waals surface area contributed by atoms with E-state index in [-0.39, 0.29) is 29.9 Å². The van der Waals surface area contributed by atoms with Gasteiger partial charge in [-0.2, -0.15) is 0 Å². The molecule has 0 radical (unpaired) electrons. The molecule has 1 aliphatic heterocycles. The number of esters is 1. The summed E-state index contributed by atoms with van der Waals surface area (Å²) in [5.74, 6) is -0.476. The number of aldehydes is 1. The topological polar surface area (TPSA) is 156 Å². The quantitative estimate of drug-likeness (QED) is 0.202. The predicted molar refractivity (Wildman–Crippen MR) is 112 cm³/mol. The first-order valence-corrected chi connectivity index (χ1v) is 10.9. The number of hydrogen-bond donors (Lipinski definition) is 4. The van der Waals surface area contributed by atoms with Gasteiger partial charge in [0, 0.05) is 18.2 Å². The molecule has 1 aliphatic rings. The van der Waals surface area contributed by atoms with Crippen LogP contribution in [0.4, 0.5) is 0 Å². The van der Waals surface area contributed by atoms with Crippen molar-refractivity contribution in [3.63, 3.8) is 0 Å². The summed E-state index contributed by atoms with van der Waals surface area (Å²) in [5, 5.41) is 40.2. The van der Waals surface area contributed by atoms with Gasteiger partial charge < -0.3 is 34.6 Å². The van der Waals surface area contributed by atoms with Crippen LogP contribution in [0.1, 0.15) is 67.1 Å². The highest BCUT2D eigenvalue weighted by Crippen LogP contribution is 2.29. The maximum absolute atomic E-state index is 12.0. The lowest BCUT2D eigenvalue weighted by atomic mass is 9.99. The fourth-order valence-electron chi connectivity index (χ4n) is 3.44. The van der Waals surface area contributed by atoms with Gasteiger partial charge in [0.05, 0.1) is 17.9 Å². The van der Waals surface area contributed by atoms with Crippen molar-refractivity contribution in [2.75, 3.05) is 6.61 Å². The van der Waals surface area contributed by atoms with Gasteiger partial charge in [-0.1, -0.05) is 32.6 Å². The van der Waals surface area contributed by atoms with E-state index in [0.29, 0.717) is 18.4 Å². The number of aliphatic hydroxyl groups is 4. The Labute approximate surface area is 187 Å². The number of carbonyl (C=O) groups excluding carboxylic acids is 2. The van der Waals surface area contributed by atoms with E-state index in [1.165, 1.54) is 6.20 Å². The molecule has 1 aromatic heterocycles. The summed E-state index contributed by atoms with van der Waals surface area (Å²) in [6, 6.07) is 0. The molecule has 4 N–H and O–H groups in total. The molecule has 1 saturated heterocycles. The molecule has 10 heteroatoms. The van der Waals surface area contributed by atoms with Crippen molar-refractivity contribution in [1.82, 2.24) is 4.98 Å². The summed E-state index contributed by atoms with van der Waals surface area (Å²) in [7, 11) is 0. The highest BCUT2D eigenvalue weighted by molar-refractivity contribution is 5.82. The Bertz CT molecular complexity index is 757. The summed E-state index contributed by atoms with van der Waals surface area (Å²) < 4.78 is 16.4. The van der Waals surface area contributed by atoms with Crippen LogP contribution in [0.15, 0.2) is 6.20 Å². The van der Waals surface area contributed by atoms with Crippen LogP contribution in [0.2, 0.25) is 0 Å². The second-order valence-electron chi connectivity index (χ2n) is 7.87. The Morgan fingerprint density at radius 1 is 1.16 bits per heavy atom. The van der Waals surface area contributed by atoms with Crippen LogP contribution >= 0.6 is 0 Å². The highest BCUT2D eigenvalue weighted by atomic mass is 16.7. The standard InChI is InChI=1S/C22H33NO9/c1-3-4-5-6-7-8-17(26)30-12-16-18(27)19(28)20(29)22(31-16)32-21-13(2)23-9-14(10-24)15(21)11-25/h9,11,16,18-20,22,24,27-29H,3-8,10,12H2,1-2H3/t16-,18-,19+,20-,22-/m1/s1. The van der Waals surface area contributed by atoms with Crippen molar-refractivity contribution in [3.05, 3.63) is 23.0 Å². The summed E-state index contributed by atoms with van der Waals surface area (Å²) in [6.45, 7) is 2.87. The van der Waals surface area contributed by atoms with E-state index in [4.69, 9.17) is 14.2 Å². The fraction of sp³-hybridized carbons (Fsp3) is 0.682. The molecule has 2 heterocycles. The number of unbranched alkanes of at least 4 members (excludes halogenated alkanes) is 4. The van der Waals surface area contributed by atoms with Gasteiger partial charge in [0.2, 0.25) is 6.29 Å². The molecule has 5 atom stereocenters. The number of nitrogens with zero attached hydrogens (tertiary/aromatic N) is 1. The van der Waals surface area contributed by atoms with Gasteiger partial charge in [0.1, 0.15) is 31.0 Å². The molecule has 2 rings (SSSR count). The van der Waals surface area contributed by atoms with Gasteiger partial charge in [-0.05, 0) is 13.3 Å². The summed E-state index contributed by atoms with van der Waals surface area (Å²) in [5.41, 5.74) is 0.546. The monoisotopic (exact) mass is 455 g/mol. The lowest BCUT2D eigenvalue weighted by Crippen LogP contribution is -2.60. The largest absolute Gasteiger partial charge is 0.463 e. The second-order valence-corrected chi connectivity index (χ2v) is 7.87. The number of ether oxygens (including phenoxy) is 3. The fourth-order valence-corrected chi connectivity index (χ4v) is 3.44. The zero-order valence-electron chi connectivity index (χ0n) is 18.5. The minimum atomic E-state index is -1.65. The molecule has 0 aromatic carbocycles. The average molecular weight is 456 g/mol. The van der Waals surface area contributed by atoms with E-state index in [1.54, 1.807) is 6.92 Å². The van der Waals surface area contributed by atoms with Crippen LogP contribution < -0.4 is 4.74 Å². The predicted octanol–water partition coefficient (Wildman–Crippen LogP) is 0.785. The number of aliphatic hydroxyl groups excluding tert-OH is 4. The van der Waals surface area contributed by atoms with Crippen molar-refractivity contribution >= 4 is 12.3 Å². The summed E-state index contributed by atoms with van der Waals surface area (Å²) in [6.07, 6.45) is -0.505. The lowest BCUT2D eigenvalue weighted by Gasteiger charge is -2.40. The molecule has 0 bridgehead atoms. The van der Waals surface area contributed by atoms with Crippen LogP contribution in [0.5, 0.6) is 5.75 Å². The maximum atomic E-state index is 12.0. The van der Waals surface area contributed by atoms with Crippen molar-refractivity contribution in [1.29, 1.82) is 0 Å². The molecule has 32 heavy (non-hydrogen) atoms. The Kier molecular flexibility index (Phi) is 10.5. The van der Waals surface area contributed by atoms with E-state index in [2.05, 4.69) is 11.9 Å². The molecule has 0 spiro atoms. The van der Waals surface area contributed by atoms with Crippen LogP contribution in [-0.2, 0) is 20.9 Å². The molecule has 1 aromatic rings. The number of pyridine rings is 1. The Balaban J connectivity index is 2.02. The first-order chi connectivity index (χ1) is 15.3. The number of aromatic nitrogens is 1. The molecule has 10 nitrogen and oxygen atoms in total. The van der Waals surface area contributed by atoms with Crippen molar-refractivity contribution in [2.45, 2.75) is 89.7 Å². The third-order valence-corrected chi connectivity index (χ3v) is 5.42. The number of aryl methyl sites for hydroxylation is 1. The molecule has 1 fully saturated rings. The van der Waals surface area contributed by atoms with Crippen molar-refractivity contribution in [3.8, 4) is 5.75 Å². The SMILES string of the molecule is CCCCCCCC(=O)OC[C@H]1O[C@H](Oc2c(C)ncc(CO)c2C=O)[C@H](O)[C@@H](O)[C@@H]1O. The summed E-state index contributed by atoms with van der Waals surface area (Å²) >= 11 is 0. The maximum Gasteiger partial charge on any atom is 0.305 e. The van der Waals surface area contributed by atoms with Crippen LogP contribution in [0.25, 0.3) is 0 Å². The Morgan fingerprint density at radius 3 is 2.53 bits per heavy atom. The Morgan fingerprint density at radius 2 is 1.88 bits per heavy atom. The molecular formula is C22H33NO9. The smallest absolute Gasteiger partial charge is 0.305 e. The minimum absolute atomic E-state index is 0.0259. The Hall–Kier alpha value is -2.11. The lowest BCUT2D eigenvalue weighted by molar-refractivity contribution is -0.278. The first-order valence-electron chi connectivity index (χ1n) is 10.9. The van der Waals surface area contributed by atoms with Gasteiger partial charge in [-0.15, -0.1) is 0 Å². The van der Waals surface area contributed by atoms with E-state index in [0.717, 1.165) is 25.7 Å². The first kappa shape index (κ1) is 26.1. The average Bonchev–Trinajstić information content (AvgIpc) is 2.79. The van der Waals surface area contributed by atoms with Crippen LogP contribution in [0, 0.1) is 6.92 Å². The van der Waals surface area contributed by atoms with E-state index in [1.807, 2.05) is 0 Å². The van der Waals surface area contributed by atoms with Gasteiger partial charge in [-0.25, -0.2) is 0 Å². The molecule has 0 amide bonds. The van der Waals surface area contributed by atoms with Gasteiger partial charge >= 0.3 is 5.97 Å². The number of rotatable bonds is 12. The molecule has 180 valence electrons. The zero-order chi connectivity index (χ0) is 23.7. The van der Waals surface area contributed by atoms with Crippen LogP contribution in [-0.4, -0.2) is 75.0 Å². The van der Waals surface area contributed by atoms with E-state index >= 15 is 0 Å². The summed E-state index contributed by atoms with van der Waals surface area (Å²) in [4.78, 5) is 27.5. The van der Waals surface area contributed by atoms with Crippen LogP contribution in [0.3, 0.4) is 0 Å². The number of carbonyl (C=O) groups is 2. The zero-order valence-corrected chi connectivity index (χ0v) is 18.5. The molecular weight excluding hydrogens is 422 g/mol. The van der Waals surface area contributed by atoms with Gasteiger partial charge in [0.25, 0.3) is 0 Å². The third kappa shape index (κ3) is 6.69. The van der Waals surface area contributed by atoms with E-state index < -0.39 is 43.3 Å². The molecule has 0 saturated carbocycles. The van der Waals surface area contributed by atoms with Gasteiger partial charge in [-0.3, -0.25) is 14.6 Å². The second kappa shape index (κ2) is 12.8. The van der Waals surface area contributed by atoms with Gasteiger partial charge in [0.15, 0.2) is 12.0 Å². The van der Waals surface area contributed by atoms with Crippen molar-refractivity contribution < 1.29 is 44.2 Å².